The SMILES string of the molecule is C=CC(=O)N1CC2CC(C3=C4C=NC=C[N+]4(N)C(c4ccc(C(=O)Nc5ccccc5)cc4)=N3)CC2C1. The Kier molecular flexibility index (Phi) is 5.70. The number of carbonyl (C=O) groups excluding carboxylic acids is 2. The third-order valence-corrected chi connectivity index (χ3v) is 7.88. The summed E-state index contributed by atoms with van der Waals surface area (Å²) in [5.41, 5.74) is 4.02. The van der Waals surface area contributed by atoms with Crippen LogP contribution < -0.4 is 11.2 Å². The first-order valence-corrected chi connectivity index (χ1v) is 12.6. The number of fused-ring (bicyclic) bond motifs is 2. The number of nitrogens with two attached hydrogens (primary N) is 1. The molecule has 0 spiro atoms. The van der Waals surface area contributed by atoms with Crippen LogP contribution in [0.5, 0.6) is 0 Å². The zero-order valence-corrected chi connectivity index (χ0v) is 20.5. The highest BCUT2D eigenvalue weighted by molar-refractivity contribution is 6.05. The number of anilines is 1. The van der Waals surface area contributed by atoms with Crippen LogP contribution in [0, 0.1) is 17.8 Å². The molecule has 2 amide bonds. The second-order valence-corrected chi connectivity index (χ2v) is 10.1. The first-order chi connectivity index (χ1) is 18.0. The van der Waals surface area contributed by atoms with Gasteiger partial charge in [-0.2, -0.15) is 10.8 Å². The number of hydrogen-bond donors (Lipinski definition) is 2. The third-order valence-electron chi connectivity index (χ3n) is 7.88. The van der Waals surface area contributed by atoms with Gasteiger partial charge in [-0.15, -0.1) is 4.59 Å². The summed E-state index contributed by atoms with van der Waals surface area (Å²) < 4.78 is -0.0404. The minimum atomic E-state index is -0.172. The minimum Gasteiger partial charge on any atom is -0.339 e. The maximum atomic E-state index is 12.7. The molecule has 1 saturated carbocycles. The van der Waals surface area contributed by atoms with Gasteiger partial charge in [0.15, 0.2) is 0 Å². The fraction of sp³-hybridized carbons (Fsp3) is 0.241. The number of benzene rings is 2. The van der Waals surface area contributed by atoms with E-state index in [1.807, 2.05) is 59.8 Å². The molecular weight excluding hydrogens is 464 g/mol. The molecule has 1 saturated heterocycles. The second kappa shape index (κ2) is 9.06. The van der Waals surface area contributed by atoms with Crippen molar-refractivity contribution in [2.45, 2.75) is 12.8 Å². The Morgan fingerprint density at radius 3 is 2.43 bits per heavy atom. The van der Waals surface area contributed by atoms with Gasteiger partial charge in [0.25, 0.3) is 11.7 Å². The summed E-state index contributed by atoms with van der Waals surface area (Å²) in [4.78, 5) is 36.2. The highest BCUT2D eigenvalue weighted by Crippen LogP contribution is 2.47. The molecule has 0 aromatic heterocycles. The van der Waals surface area contributed by atoms with Crippen molar-refractivity contribution >= 4 is 29.6 Å². The predicted molar refractivity (Wildman–Crippen MR) is 143 cm³/mol. The lowest BCUT2D eigenvalue weighted by atomic mass is 10.00. The van der Waals surface area contributed by atoms with E-state index in [2.05, 4.69) is 16.9 Å². The molecule has 2 aromatic rings. The van der Waals surface area contributed by atoms with Gasteiger partial charge >= 0.3 is 0 Å². The number of quaternary nitrogens is 1. The van der Waals surface area contributed by atoms with E-state index in [1.165, 1.54) is 6.08 Å². The van der Waals surface area contributed by atoms with Crippen LogP contribution in [-0.4, -0.2) is 46.4 Å². The average Bonchev–Trinajstić information content (AvgIpc) is 3.58. The fourth-order valence-corrected chi connectivity index (χ4v) is 6.03. The summed E-state index contributed by atoms with van der Waals surface area (Å²) in [6, 6.07) is 16.8. The van der Waals surface area contributed by atoms with E-state index in [0.717, 1.165) is 48.6 Å². The van der Waals surface area contributed by atoms with Gasteiger partial charge < -0.3 is 10.2 Å². The first-order valence-electron chi connectivity index (χ1n) is 12.6. The van der Waals surface area contributed by atoms with E-state index >= 15 is 0 Å². The molecule has 2 aromatic carbocycles. The number of hydrogen-bond acceptors (Lipinski definition) is 5. The Bertz CT molecular complexity index is 1380. The quantitative estimate of drug-likeness (QED) is 0.376. The highest BCUT2D eigenvalue weighted by Gasteiger charge is 2.50. The van der Waals surface area contributed by atoms with Crippen LogP contribution in [-0.2, 0) is 4.79 Å². The lowest BCUT2D eigenvalue weighted by Crippen LogP contribution is -2.53. The van der Waals surface area contributed by atoms with E-state index in [4.69, 9.17) is 10.8 Å². The summed E-state index contributed by atoms with van der Waals surface area (Å²) in [5.74, 6) is 8.65. The second-order valence-electron chi connectivity index (χ2n) is 10.1. The van der Waals surface area contributed by atoms with Gasteiger partial charge in [-0.3, -0.25) is 14.6 Å². The van der Waals surface area contributed by atoms with E-state index < -0.39 is 0 Å². The Balaban J connectivity index is 1.24. The Labute approximate surface area is 215 Å². The average molecular weight is 494 g/mol. The number of amidine groups is 1. The summed E-state index contributed by atoms with van der Waals surface area (Å²) >= 11 is 0. The van der Waals surface area contributed by atoms with Gasteiger partial charge in [-0.05, 0) is 67.2 Å². The summed E-state index contributed by atoms with van der Waals surface area (Å²) in [7, 11) is 0. The zero-order valence-electron chi connectivity index (χ0n) is 20.5. The van der Waals surface area contributed by atoms with Crippen molar-refractivity contribution in [1.82, 2.24) is 4.90 Å². The number of para-hydroxylation sites is 1. The molecule has 0 bridgehead atoms. The number of allylic oxidation sites excluding steroid dienone is 2. The van der Waals surface area contributed by atoms with E-state index in [-0.39, 0.29) is 22.3 Å². The van der Waals surface area contributed by atoms with Gasteiger partial charge in [-0.1, -0.05) is 24.8 Å². The summed E-state index contributed by atoms with van der Waals surface area (Å²) in [6.45, 7) is 5.17. The molecule has 3 unspecified atom stereocenters. The molecule has 3 aliphatic heterocycles. The largest absolute Gasteiger partial charge is 0.339 e. The third kappa shape index (κ3) is 4.04. The van der Waals surface area contributed by atoms with Crippen LogP contribution in [0.25, 0.3) is 0 Å². The summed E-state index contributed by atoms with van der Waals surface area (Å²) in [6.07, 6.45) is 8.70. The number of rotatable bonds is 5. The van der Waals surface area contributed by atoms with Crippen molar-refractivity contribution in [1.29, 1.82) is 0 Å². The number of likely N-dealkylation sites (tertiary alicyclic amines) is 1. The summed E-state index contributed by atoms with van der Waals surface area (Å²) in [5, 5.41) is 2.91. The predicted octanol–water partition coefficient (Wildman–Crippen LogP) is 3.83. The lowest BCUT2D eigenvalue weighted by molar-refractivity contribution is -0.750. The molecule has 8 heteroatoms. The van der Waals surface area contributed by atoms with Crippen LogP contribution in [0.4, 0.5) is 5.69 Å². The number of carbonyl (C=O) groups is 2. The molecule has 8 nitrogen and oxygen atoms in total. The van der Waals surface area contributed by atoms with Crippen molar-refractivity contribution in [2.24, 2.45) is 33.6 Å². The molecule has 6 rings (SSSR count). The maximum absolute atomic E-state index is 12.7. The Hall–Kier alpha value is -4.14. The minimum absolute atomic E-state index is 0.0113. The smallest absolute Gasteiger partial charge is 0.264 e. The molecule has 37 heavy (non-hydrogen) atoms. The van der Waals surface area contributed by atoms with Crippen LogP contribution in [0.3, 0.4) is 0 Å². The number of aliphatic imine (C=N–C) groups is 2. The van der Waals surface area contributed by atoms with Crippen LogP contribution in [0.1, 0.15) is 28.8 Å². The maximum Gasteiger partial charge on any atom is 0.264 e. The van der Waals surface area contributed by atoms with Crippen molar-refractivity contribution in [3.8, 4) is 0 Å². The van der Waals surface area contributed by atoms with Crippen molar-refractivity contribution in [2.75, 3.05) is 18.4 Å². The molecule has 3 heterocycles. The van der Waals surface area contributed by atoms with Gasteiger partial charge in [0, 0.05) is 30.3 Å². The van der Waals surface area contributed by atoms with Gasteiger partial charge in [0.05, 0.1) is 18.0 Å². The molecule has 0 radical (unpaired) electrons. The molecule has 1 aliphatic carbocycles. The highest BCUT2D eigenvalue weighted by atomic mass is 16.2. The van der Waals surface area contributed by atoms with E-state index in [9.17, 15) is 9.59 Å². The van der Waals surface area contributed by atoms with E-state index in [0.29, 0.717) is 23.2 Å². The molecule has 4 aliphatic rings. The lowest BCUT2D eigenvalue weighted by Gasteiger charge is -2.26. The zero-order chi connectivity index (χ0) is 25.6. The van der Waals surface area contributed by atoms with Gasteiger partial charge in [0.1, 0.15) is 11.9 Å². The fourth-order valence-electron chi connectivity index (χ4n) is 6.03. The van der Waals surface area contributed by atoms with Crippen molar-refractivity contribution in [3.63, 3.8) is 0 Å². The van der Waals surface area contributed by atoms with E-state index in [1.54, 1.807) is 18.3 Å². The van der Waals surface area contributed by atoms with Crippen LogP contribution in [0.15, 0.2) is 101 Å². The Morgan fingerprint density at radius 1 is 1.05 bits per heavy atom. The number of nitrogens with one attached hydrogen (secondary N) is 1. The molecule has 2 fully saturated rings. The van der Waals surface area contributed by atoms with Crippen molar-refractivity contribution in [3.05, 3.63) is 102 Å². The van der Waals surface area contributed by atoms with Crippen LogP contribution >= 0.6 is 0 Å². The Morgan fingerprint density at radius 2 is 1.76 bits per heavy atom. The van der Waals surface area contributed by atoms with Gasteiger partial charge in [-0.25, -0.2) is 0 Å². The molecule has 186 valence electrons. The standard InChI is InChI=1S/C29H28N6O2/c1-2-26(36)34-17-22-14-21(15-23(22)18-34)27-25-16-31-12-13-35(25,30)28(33-27)19-8-10-20(11-9-19)29(37)32-24-6-4-3-5-7-24/h2-13,16,21-23H,1,14-15,17-18,30H2/p+1. The molecular formula is C29H29N6O2+. The van der Waals surface area contributed by atoms with Crippen LogP contribution in [0.2, 0.25) is 0 Å². The van der Waals surface area contributed by atoms with Crippen molar-refractivity contribution < 1.29 is 14.2 Å². The number of amides is 2. The van der Waals surface area contributed by atoms with Gasteiger partial charge in [0.2, 0.25) is 11.6 Å². The monoisotopic (exact) mass is 493 g/mol. The first kappa shape index (κ1) is 23.3. The molecule has 3 N–H and O–H groups in total. The topological polar surface area (TPSA) is 100 Å². The normalized spacial score (nSPS) is 27.6. The molecule has 3 atom stereocenters. The number of nitrogens with zero attached hydrogens (tertiary/aromatic N) is 4.